The molecule has 5 heteroatoms. The van der Waals surface area contributed by atoms with Crippen LogP contribution in [0.1, 0.15) is 18.3 Å². The number of nitrogens with zero attached hydrogens (tertiary/aromatic N) is 4. The largest absolute Gasteiger partial charge is 0.435 e. The third-order valence-corrected chi connectivity index (χ3v) is 8.63. The Balaban J connectivity index is 1.28. The van der Waals surface area contributed by atoms with E-state index in [1.54, 1.807) is 0 Å². The molecule has 5 nitrogen and oxygen atoms in total. The second-order valence-corrected chi connectivity index (χ2v) is 11.2. The predicted molar refractivity (Wildman–Crippen MR) is 179 cm³/mol. The Morgan fingerprint density at radius 1 is 0.705 bits per heavy atom. The van der Waals surface area contributed by atoms with E-state index in [-0.39, 0.29) is 0 Å². The van der Waals surface area contributed by atoms with Crippen LogP contribution in [0.3, 0.4) is 0 Å². The fourth-order valence-electron chi connectivity index (χ4n) is 6.62. The van der Waals surface area contributed by atoms with Gasteiger partial charge in [-0.15, -0.1) is 0 Å². The van der Waals surface area contributed by atoms with Gasteiger partial charge in [-0.2, -0.15) is 0 Å². The monoisotopic (exact) mass is 566 g/mol. The minimum absolute atomic E-state index is 0.628. The van der Waals surface area contributed by atoms with Gasteiger partial charge in [0.05, 0.1) is 16.7 Å². The Hall–Kier alpha value is -5.81. The molecule has 1 aliphatic heterocycles. The van der Waals surface area contributed by atoms with Crippen molar-refractivity contribution in [2.45, 2.75) is 13.5 Å². The van der Waals surface area contributed by atoms with Crippen LogP contribution in [-0.4, -0.2) is 19.5 Å². The second kappa shape index (κ2) is 9.61. The molecular weight excluding hydrogens is 540 g/mol. The Bertz CT molecular complexity index is 2470. The molecule has 0 saturated heterocycles. The Morgan fingerprint density at radius 3 is 2.20 bits per heavy atom. The molecule has 208 valence electrons. The first-order chi connectivity index (χ1) is 21.8. The Kier molecular flexibility index (Phi) is 5.41. The van der Waals surface area contributed by atoms with Crippen LogP contribution in [0.25, 0.3) is 77.7 Å². The molecule has 0 atom stereocenters. The van der Waals surface area contributed by atoms with Crippen LogP contribution in [0, 0.1) is 0 Å². The summed E-state index contributed by atoms with van der Waals surface area (Å²) in [7, 11) is 0. The van der Waals surface area contributed by atoms with E-state index in [4.69, 9.17) is 19.4 Å². The molecule has 8 aromatic rings. The minimum atomic E-state index is 0.628. The quantitative estimate of drug-likeness (QED) is 0.213. The average molecular weight is 567 g/mol. The molecule has 0 amide bonds. The highest BCUT2D eigenvalue weighted by molar-refractivity contribution is 6.19. The lowest BCUT2D eigenvalue weighted by atomic mass is 9.99. The lowest BCUT2D eigenvalue weighted by Gasteiger charge is -2.11. The molecule has 0 fully saturated rings. The first-order valence-corrected chi connectivity index (χ1v) is 14.9. The summed E-state index contributed by atoms with van der Waals surface area (Å²) in [6.45, 7) is 2.77. The maximum atomic E-state index is 6.58. The first-order valence-electron chi connectivity index (χ1n) is 14.9. The van der Waals surface area contributed by atoms with Crippen LogP contribution in [0.4, 0.5) is 0 Å². The SMILES string of the molecule is C/C=C(\C=C1/Cn2c3ccccc3c3cc4nc(-c5ccccc5)oc4c1c32)c1nc(-c2ccccc2)c2ccccc2n1. The van der Waals surface area contributed by atoms with Gasteiger partial charge in [0.15, 0.2) is 11.4 Å². The van der Waals surface area contributed by atoms with E-state index in [0.717, 1.165) is 62.1 Å². The van der Waals surface area contributed by atoms with Gasteiger partial charge in [0.25, 0.3) is 0 Å². The van der Waals surface area contributed by atoms with E-state index in [9.17, 15) is 0 Å². The summed E-state index contributed by atoms with van der Waals surface area (Å²) in [6.07, 6.45) is 4.34. The van der Waals surface area contributed by atoms with Crippen molar-refractivity contribution < 1.29 is 4.42 Å². The Morgan fingerprint density at radius 2 is 1.41 bits per heavy atom. The van der Waals surface area contributed by atoms with E-state index in [1.165, 1.54) is 21.8 Å². The van der Waals surface area contributed by atoms with Crippen molar-refractivity contribution in [1.29, 1.82) is 0 Å². The van der Waals surface area contributed by atoms with Crippen LogP contribution in [0.2, 0.25) is 0 Å². The van der Waals surface area contributed by atoms with Crippen LogP contribution < -0.4 is 0 Å². The van der Waals surface area contributed by atoms with Crippen LogP contribution in [0.15, 0.2) is 132 Å². The highest BCUT2D eigenvalue weighted by atomic mass is 16.3. The zero-order valence-corrected chi connectivity index (χ0v) is 24.0. The van der Waals surface area contributed by atoms with Gasteiger partial charge in [-0.05, 0) is 48.9 Å². The molecular formula is C39H26N4O. The molecule has 0 saturated carbocycles. The van der Waals surface area contributed by atoms with E-state index in [2.05, 4.69) is 90.4 Å². The van der Waals surface area contributed by atoms with Gasteiger partial charge >= 0.3 is 0 Å². The summed E-state index contributed by atoms with van der Waals surface area (Å²) in [5, 5.41) is 3.45. The molecule has 1 aliphatic rings. The smallest absolute Gasteiger partial charge is 0.227 e. The third kappa shape index (κ3) is 3.69. The molecule has 0 unspecified atom stereocenters. The summed E-state index contributed by atoms with van der Waals surface area (Å²) in [4.78, 5) is 15.2. The topological polar surface area (TPSA) is 56.7 Å². The van der Waals surface area contributed by atoms with Gasteiger partial charge in [-0.3, -0.25) is 0 Å². The van der Waals surface area contributed by atoms with E-state index < -0.39 is 0 Å². The molecule has 5 aromatic carbocycles. The van der Waals surface area contributed by atoms with Gasteiger partial charge in [0.2, 0.25) is 5.89 Å². The molecule has 0 spiro atoms. The molecule has 0 bridgehead atoms. The van der Waals surface area contributed by atoms with Gasteiger partial charge in [0, 0.05) is 50.5 Å². The van der Waals surface area contributed by atoms with Crippen molar-refractivity contribution in [2.24, 2.45) is 0 Å². The van der Waals surface area contributed by atoms with Crippen molar-refractivity contribution in [3.8, 4) is 22.7 Å². The van der Waals surface area contributed by atoms with Gasteiger partial charge in [-0.1, -0.05) is 91.0 Å². The summed E-state index contributed by atoms with van der Waals surface area (Å²) >= 11 is 0. The van der Waals surface area contributed by atoms with Crippen molar-refractivity contribution >= 4 is 55.0 Å². The lowest BCUT2D eigenvalue weighted by molar-refractivity contribution is 0.619. The minimum Gasteiger partial charge on any atom is -0.435 e. The van der Waals surface area contributed by atoms with Gasteiger partial charge in [-0.25, -0.2) is 15.0 Å². The fourth-order valence-corrected chi connectivity index (χ4v) is 6.62. The number of hydrogen-bond acceptors (Lipinski definition) is 4. The summed E-state index contributed by atoms with van der Waals surface area (Å²) < 4.78 is 8.99. The maximum Gasteiger partial charge on any atom is 0.227 e. The maximum absolute atomic E-state index is 6.58. The number of allylic oxidation sites excluding steroid dienone is 4. The number of benzene rings is 5. The number of para-hydroxylation sites is 2. The van der Waals surface area contributed by atoms with Crippen molar-refractivity contribution in [3.05, 3.63) is 139 Å². The lowest BCUT2D eigenvalue weighted by Crippen LogP contribution is -1.99. The van der Waals surface area contributed by atoms with Gasteiger partial charge in [0.1, 0.15) is 5.52 Å². The normalized spacial score (nSPS) is 14.1. The summed E-state index contributed by atoms with van der Waals surface area (Å²) in [6, 6.07) is 39.5. The zero-order valence-electron chi connectivity index (χ0n) is 24.0. The Labute approximate surface area is 253 Å². The molecule has 0 radical (unpaired) electrons. The van der Waals surface area contributed by atoms with E-state index >= 15 is 0 Å². The fraction of sp³-hybridized carbons (Fsp3) is 0.0513. The zero-order chi connectivity index (χ0) is 29.2. The van der Waals surface area contributed by atoms with Gasteiger partial charge < -0.3 is 8.98 Å². The van der Waals surface area contributed by atoms with Crippen molar-refractivity contribution in [3.63, 3.8) is 0 Å². The number of aromatic nitrogens is 4. The highest BCUT2D eigenvalue weighted by Gasteiger charge is 2.29. The molecule has 3 aromatic heterocycles. The third-order valence-electron chi connectivity index (χ3n) is 8.63. The molecule has 4 heterocycles. The number of oxazole rings is 1. The molecule has 9 rings (SSSR count). The summed E-state index contributed by atoms with van der Waals surface area (Å²) in [5.41, 5.74) is 11.1. The standard InChI is InChI=1S/C39H26N4O/c1-2-24(38-40-31-19-11-9-18-29(31)35(42-38)25-13-5-3-6-14-25)21-27-23-43-33-20-12-10-17-28(33)30-22-32-37(34(27)36(30)43)44-39(41-32)26-15-7-4-8-16-26/h2-22H,23H2,1H3/b24-2+,27-21+. The van der Waals surface area contributed by atoms with Crippen molar-refractivity contribution in [1.82, 2.24) is 19.5 Å². The van der Waals surface area contributed by atoms with Crippen molar-refractivity contribution in [2.75, 3.05) is 0 Å². The van der Waals surface area contributed by atoms with Crippen LogP contribution in [-0.2, 0) is 6.54 Å². The second-order valence-electron chi connectivity index (χ2n) is 11.2. The number of hydrogen-bond donors (Lipinski definition) is 0. The number of fused-ring (bicyclic) bond motifs is 6. The molecule has 0 aliphatic carbocycles. The summed E-state index contributed by atoms with van der Waals surface area (Å²) in [5.74, 6) is 1.33. The highest BCUT2D eigenvalue weighted by Crippen LogP contribution is 2.46. The predicted octanol–water partition coefficient (Wildman–Crippen LogP) is 9.71. The number of rotatable bonds is 4. The first kappa shape index (κ1) is 24.8. The van der Waals surface area contributed by atoms with E-state index in [0.29, 0.717) is 11.7 Å². The van der Waals surface area contributed by atoms with Crippen LogP contribution in [0.5, 0.6) is 0 Å². The van der Waals surface area contributed by atoms with Crippen LogP contribution >= 0.6 is 0 Å². The molecule has 0 N–H and O–H groups in total. The van der Waals surface area contributed by atoms with E-state index in [1.807, 2.05) is 48.5 Å². The average Bonchev–Trinajstić information content (AvgIpc) is 3.77. The molecule has 44 heavy (non-hydrogen) atoms.